The van der Waals surface area contributed by atoms with Crippen LogP contribution in [0.3, 0.4) is 0 Å². The van der Waals surface area contributed by atoms with Gasteiger partial charge in [-0.25, -0.2) is 4.68 Å². The number of imide groups is 1. The largest absolute Gasteiger partial charge is 0.327 e. The normalized spacial score (nSPS) is 14.2. The van der Waals surface area contributed by atoms with Gasteiger partial charge in [0.15, 0.2) is 12.4 Å². The molecule has 0 spiro atoms. The summed E-state index contributed by atoms with van der Waals surface area (Å²) in [6.07, 6.45) is 3.96. The first-order valence-corrected chi connectivity index (χ1v) is 10.8. The number of hydrogen-bond acceptors (Lipinski definition) is 3. The van der Waals surface area contributed by atoms with Crippen LogP contribution < -0.4 is 10.1 Å². The molecule has 1 N–H and O–H groups in total. The molecule has 2 amide bonds. The molecule has 0 saturated heterocycles. The molecule has 8 heteroatoms. The van der Waals surface area contributed by atoms with Gasteiger partial charge in [0.25, 0.3) is 17.2 Å². The van der Waals surface area contributed by atoms with Gasteiger partial charge in [-0.05, 0) is 51.5 Å². The van der Waals surface area contributed by atoms with Crippen molar-refractivity contribution in [3.05, 3.63) is 81.0 Å². The fraction of sp³-hybridized carbons (Fsp3) is 0.250. The number of aryl methyl sites for hydroxylation is 2. The SMILES string of the molecule is CCc1[nH]n(-c2cccc(Cl)c2)c(=O)c1C1=C([n+]2cccc(C)c2)C(=O)N(C(C)C)C1=O. The highest BCUT2D eigenvalue weighted by Crippen LogP contribution is 2.31. The van der Waals surface area contributed by atoms with Crippen LogP contribution in [-0.4, -0.2) is 32.5 Å². The van der Waals surface area contributed by atoms with E-state index in [1.807, 2.05) is 19.9 Å². The Kier molecular flexibility index (Phi) is 5.60. The van der Waals surface area contributed by atoms with Crippen LogP contribution >= 0.6 is 11.6 Å². The summed E-state index contributed by atoms with van der Waals surface area (Å²) >= 11 is 6.12. The van der Waals surface area contributed by atoms with Crippen LogP contribution in [0.2, 0.25) is 5.02 Å². The molecule has 0 atom stereocenters. The number of aromatic nitrogens is 3. The van der Waals surface area contributed by atoms with E-state index in [1.54, 1.807) is 61.1 Å². The van der Waals surface area contributed by atoms with Gasteiger partial charge in [-0.2, -0.15) is 4.57 Å². The number of nitrogens with zero attached hydrogens (tertiary/aromatic N) is 3. The summed E-state index contributed by atoms with van der Waals surface area (Å²) in [5.41, 5.74) is 2.13. The van der Waals surface area contributed by atoms with E-state index < -0.39 is 17.4 Å². The summed E-state index contributed by atoms with van der Waals surface area (Å²) in [5.74, 6) is -0.898. The number of pyridine rings is 1. The number of hydrogen-bond donors (Lipinski definition) is 1. The molecule has 1 aliphatic heterocycles. The fourth-order valence-electron chi connectivity index (χ4n) is 3.99. The second-order valence-corrected chi connectivity index (χ2v) is 8.46. The van der Waals surface area contributed by atoms with Crippen molar-refractivity contribution in [1.29, 1.82) is 0 Å². The lowest BCUT2D eigenvalue weighted by atomic mass is 10.0. The van der Waals surface area contributed by atoms with E-state index in [2.05, 4.69) is 5.10 Å². The standard InChI is InChI=1S/C24H23ClN4O3/c1-5-18-19(23(31)29(26-18)17-10-6-9-16(25)12-17)20-21(27-11-7-8-15(4)13-27)24(32)28(14(2)3)22(20)30/h6-14H,5H2,1-4H3/p+1. The van der Waals surface area contributed by atoms with Crippen LogP contribution in [0.4, 0.5) is 0 Å². The second kappa shape index (κ2) is 8.24. The van der Waals surface area contributed by atoms with Crippen molar-refractivity contribution in [3.63, 3.8) is 0 Å². The van der Waals surface area contributed by atoms with Gasteiger partial charge in [0.1, 0.15) is 5.57 Å². The third kappa shape index (κ3) is 3.48. The van der Waals surface area contributed by atoms with Crippen LogP contribution in [0.15, 0.2) is 53.6 Å². The maximum atomic E-state index is 13.6. The predicted octanol–water partition coefficient (Wildman–Crippen LogP) is 3.12. The average Bonchev–Trinajstić information content (AvgIpc) is 3.20. The van der Waals surface area contributed by atoms with Crippen molar-refractivity contribution in [3.8, 4) is 5.69 Å². The number of aromatic amines is 1. The summed E-state index contributed by atoms with van der Waals surface area (Å²) in [5, 5.41) is 3.59. The molecule has 32 heavy (non-hydrogen) atoms. The van der Waals surface area contributed by atoms with E-state index in [9.17, 15) is 14.4 Å². The first kappa shape index (κ1) is 21.8. The van der Waals surface area contributed by atoms with Gasteiger partial charge in [-0.15, -0.1) is 0 Å². The molecular weight excluding hydrogens is 428 g/mol. The zero-order valence-electron chi connectivity index (χ0n) is 18.3. The third-order valence-corrected chi connectivity index (χ3v) is 5.68. The molecule has 3 heterocycles. The van der Waals surface area contributed by atoms with E-state index in [0.29, 0.717) is 22.8 Å². The number of rotatable bonds is 5. The summed E-state index contributed by atoms with van der Waals surface area (Å²) in [6.45, 7) is 7.34. The quantitative estimate of drug-likeness (QED) is 0.478. The number of halogens is 1. The van der Waals surface area contributed by atoms with E-state index in [0.717, 1.165) is 5.56 Å². The molecule has 1 aromatic carbocycles. The number of amides is 2. The smallest absolute Gasteiger partial charge is 0.294 e. The number of carbonyl (C=O) groups excluding carboxylic acids is 2. The first-order valence-electron chi connectivity index (χ1n) is 10.4. The molecule has 1 aliphatic rings. The highest BCUT2D eigenvalue weighted by atomic mass is 35.5. The van der Waals surface area contributed by atoms with Gasteiger partial charge in [-0.1, -0.05) is 24.6 Å². The highest BCUT2D eigenvalue weighted by Gasteiger charge is 2.48. The van der Waals surface area contributed by atoms with Crippen LogP contribution in [0.5, 0.6) is 0 Å². The molecule has 3 aromatic rings. The van der Waals surface area contributed by atoms with E-state index in [4.69, 9.17) is 11.6 Å². The molecule has 0 radical (unpaired) electrons. The Morgan fingerprint density at radius 1 is 1.09 bits per heavy atom. The highest BCUT2D eigenvalue weighted by molar-refractivity contribution is 6.44. The minimum absolute atomic E-state index is 0.109. The molecule has 0 unspecified atom stereocenters. The van der Waals surface area contributed by atoms with Crippen molar-refractivity contribution >= 4 is 34.7 Å². The number of carbonyl (C=O) groups is 2. The minimum Gasteiger partial charge on any atom is -0.294 e. The lowest BCUT2D eigenvalue weighted by Gasteiger charge is -2.17. The van der Waals surface area contributed by atoms with Crippen molar-refractivity contribution < 1.29 is 14.2 Å². The molecule has 4 rings (SSSR count). The van der Waals surface area contributed by atoms with Crippen molar-refractivity contribution in [1.82, 2.24) is 14.7 Å². The number of benzene rings is 1. The topological polar surface area (TPSA) is 79.1 Å². The Morgan fingerprint density at radius 2 is 1.84 bits per heavy atom. The maximum Gasteiger partial charge on any atom is 0.327 e. The first-order chi connectivity index (χ1) is 15.2. The Balaban J connectivity index is 2.03. The maximum absolute atomic E-state index is 13.6. The van der Waals surface area contributed by atoms with E-state index >= 15 is 0 Å². The van der Waals surface area contributed by atoms with Crippen LogP contribution in [0.25, 0.3) is 17.0 Å². The zero-order chi connectivity index (χ0) is 23.2. The summed E-state index contributed by atoms with van der Waals surface area (Å²) in [6, 6.07) is 10.2. The Bertz CT molecular complexity index is 1330. The average molecular weight is 452 g/mol. The molecule has 0 aliphatic carbocycles. The minimum atomic E-state index is -0.474. The molecule has 2 aromatic heterocycles. The predicted molar refractivity (Wildman–Crippen MR) is 122 cm³/mol. The zero-order valence-corrected chi connectivity index (χ0v) is 19.1. The van der Waals surface area contributed by atoms with Crippen molar-refractivity contribution in [2.75, 3.05) is 0 Å². The molecule has 164 valence electrons. The summed E-state index contributed by atoms with van der Waals surface area (Å²) in [7, 11) is 0. The van der Waals surface area contributed by atoms with E-state index in [-0.39, 0.29) is 22.9 Å². The van der Waals surface area contributed by atoms with Crippen molar-refractivity contribution in [2.24, 2.45) is 0 Å². The Morgan fingerprint density at radius 3 is 2.47 bits per heavy atom. The van der Waals surface area contributed by atoms with Gasteiger partial charge >= 0.3 is 5.91 Å². The van der Waals surface area contributed by atoms with Crippen LogP contribution in [0, 0.1) is 6.92 Å². The number of H-pyrrole nitrogens is 1. The van der Waals surface area contributed by atoms with Crippen LogP contribution in [0.1, 0.15) is 37.6 Å². The monoisotopic (exact) mass is 451 g/mol. The lowest BCUT2D eigenvalue weighted by molar-refractivity contribution is -0.577. The van der Waals surface area contributed by atoms with Gasteiger partial charge in [0.05, 0.1) is 11.3 Å². The summed E-state index contributed by atoms with van der Waals surface area (Å²) in [4.78, 5) is 41.7. The van der Waals surface area contributed by atoms with Gasteiger partial charge in [-0.3, -0.25) is 24.4 Å². The second-order valence-electron chi connectivity index (χ2n) is 8.03. The Hall–Kier alpha value is -3.45. The summed E-state index contributed by atoms with van der Waals surface area (Å²) < 4.78 is 2.99. The van der Waals surface area contributed by atoms with E-state index in [1.165, 1.54) is 9.58 Å². The number of nitrogens with one attached hydrogen (secondary N) is 1. The van der Waals surface area contributed by atoms with Gasteiger partial charge in [0.2, 0.25) is 0 Å². The third-order valence-electron chi connectivity index (χ3n) is 5.45. The lowest BCUT2D eigenvalue weighted by Crippen LogP contribution is -2.42. The molecule has 7 nitrogen and oxygen atoms in total. The van der Waals surface area contributed by atoms with Crippen molar-refractivity contribution in [2.45, 2.75) is 40.2 Å². The molecule has 0 fully saturated rings. The molecule has 0 bridgehead atoms. The van der Waals surface area contributed by atoms with Gasteiger partial charge < -0.3 is 0 Å². The Labute approximate surface area is 190 Å². The molecule has 0 saturated carbocycles. The molecular formula is C24H24ClN4O3+. The van der Waals surface area contributed by atoms with Crippen LogP contribution in [-0.2, 0) is 16.0 Å². The fourth-order valence-corrected chi connectivity index (χ4v) is 4.18. The van der Waals surface area contributed by atoms with Gasteiger partial charge in [0, 0.05) is 28.4 Å².